The third-order valence-corrected chi connectivity index (χ3v) is 4.02. The van der Waals surface area contributed by atoms with Crippen LogP contribution in [-0.4, -0.2) is 34.7 Å². The molecular formula is C17H20FN3O3. The van der Waals surface area contributed by atoms with Crippen molar-refractivity contribution >= 4 is 5.91 Å². The van der Waals surface area contributed by atoms with E-state index in [9.17, 15) is 9.18 Å². The van der Waals surface area contributed by atoms with Crippen LogP contribution in [0.5, 0.6) is 5.75 Å². The van der Waals surface area contributed by atoms with E-state index in [-0.39, 0.29) is 30.5 Å². The summed E-state index contributed by atoms with van der Waals surface area (Å²) in [6.07, 6.45) is 4.90. The van der Waals surface area contributed by atoms with Crippen molar-refractivity contribution < 1.29 is 18.7 Å². The number of nitrogens with one attached hydrogen (secondary N) is 1. The Kier molecular flexibility index (Phi) is 5.10. The molecule has 1 saturated heterocycles. The lowest BCUT2D eigenvalue weighted by atomic mass is 10.0. The molecule has 0 aliphatic carbocycles. The second kappa shape index (κ2) is 7.44. The molecule has 128 valence electrons. The number of amides is 1. The SMILES string of the molecule is Cn1cncc1C1CC(NC(=O)COc2ccc(F)cc2)CCO1. The van der Waals surface area contributed by atoms with Gasteiger partial charge in [-0.25, -0.2) is 9.37 Å². The topological polar surface area (TPSA) is 65.4 Å². The molecule has 2 heterocycles. The van der Waals surface area contributed by atoms with Gasteiger partial charge in [-0.3, -0.25) is 4.79 Å². The van der Waals surface area contributed by atoms with E-state index in [0.29, 0.717) is 18.8 Å². The highest BCUT2D eigenvalue weighted by Gasteiger charge is 2.26. The Balaban J connectivity index is 1.49. The lowest BCUT2D eigenvalue weighted by molar-refractivity contribution is -0.124. The summed E-state index contributed by atoms with van der Waals surface area (Å²) in [5, 5.41) is 2.96. The van der Waals surface area contributed by atoms with E-state index < -0.39 is 0 Å². The van der Waals surface area contributed by atoms with Gasteiger partial charge in [-0.2, -0.15) is 0 Å². The first-order valence-corrected chi connectivity index (χ1v) is 7.87. The van der Waals surface area contributed by atoms with Crippen LogP contribution in [0, 0.1) is 5.82 Å². The third kappa shape index (κ3) is 4.11. The van der Waals surface area contributed by atoms with Crippen molar-refractivity contribution in [3.8, 4) is 5.75 Å². The summed E-state index contributed by atoms with van der Waals surface area (Å²) in [4.78, 5) is 16.1. The summed E-state index contributed by atoms with van der Waals surface area (Å²) in [7, 11) is 1.92. The van der Waals surface area contributed by atoms with Crippen molar-refractivity contribution in [1.29, 1.82) is 0 Å². The standard InChI is InChI=1S/C17H20FN3O3/c1-21-11-19-9-15(21)16-8-13(6-7-23-16)20-17(22)10-24-14-4-2-12(18)3-5-14/h2-5,9,11,13,16H,6-8,10H2,1H3,(H,20,22). The summed E-state index contributed by atoms with van der Waals surface area (Å²) in [5.41, 5.74) is 0.997. The lowest BCUT2D eigenvalue weighted by Gasteiger charge is -2.30. The number of rotatable bonds is 5. The van der Waals surface area contributed by atoms with Crippen molar-refractivity contribution in [3.63, 3.8) is 0 Å². The molecule has 6 nitrogen and oxygen atoms in total. The molecule has 1 aromatic carbocycles. The second-order valence-electron chi connectivity index (χ2n) is 5.82. The maximum Gasteiger partial charge on any atom is 0.258 e. The van der Waals surface area contributed by atoms with Crippen molar-refractivity contribution in [2.45, 2.75) is 25.0 Å². The molecule has 3 rings (SSSR count). The summed E-state index contributed by atoms with van der Waals surface area (Å²) in [6, 6.07) is 5.61. The zero-order valence-electron chi connectivity index (χ0n) is 13.4. The van der Waals surface area contributed by atoms with Crippen molar-refractivity contribution in [2.24, 2.45) is 7.05 Å². The Morgan fingerprint density at radius 1 is 1.46 bits per heavy atom. The number of halogens is 1. The largest absolute Gasteiger partial charge is 0.484 e. The van der Waals surface area contributed by atoms with Crippen molar-refractivity contribution in [3.05, 3.63) is 48.3 Å². The van der Waals surface area contributed by atoms with Gasteiger partial charge >= 0.3 is 0 Å². The fraction of sp³-hybridized carbons (Fsp3) is 0.412. The Hall–Kier alpha value is -2.41. The predicted octanol–water partition coefficient (Wildman–Crippen LogP) is 1.97. The first-order chi connectivity index (χ1) is 11.6. The number of aromatic nitrogens is 2. The van der Waals surface area contributed by atoms with Crippen LogP contribution in [0.25, 0.3) is 0 Å². The van der Waals surface area contributed by atoms with Crippen LogP contribution in [0.1, 0.15) is 24.6 Å². The van der Waals surface area contributed by atoms with Gasteiger partial charge in [-0.15, -0.1) is 0 Å². The van der Waals surface area contributed by atoms with E-state index in [2.05, 4.69) is 10.3 Å². The van der Waals surface area contributed by atoms with Gasteiger partial charge in [-0.05, 0) is 37.1 Å². The fourth-order valence-corrected chi connectivity index (χ4v) is 2.76. The summed E-state index contributed by atoms with van der Waals surface area (Å²) >= 11 is 0. The molecule has 24 heavy (non-hydrogen) atoms. The molecular weight excluding hydrogens is 313 g/mol. The normalized spacial score (nSPS) is 20.6. The first-order valence-electron chi connectivity index (χ1n) is 7.87. The van der Waals surface area contributed by atoms with Gasteiger partial charge in [-0.1, -0.05) is 0 Å². The van der Waals surface area contributed by atoms with E-state index in [1.807, 2.05) is 11.6 Å². The number of carbonyl (C=O) groups is 1. The summed E-state index contributed by atoms with van der Waals surface area (Å²) in [5.74, 6) is -0.0727. The molecule has 2 aromatic rings. The number of benzene rings is 1. The number of imidazole rings is 1. The van der Waals surface area contributed by atoms with E-state index in [1.54, 1.807) is 12.5 Å². The number of ether oxygens (including phenoxy) is 2. The van der Waals surface area contributed by atoms with Gasteiger partial charge in [0.05, 0.1) is 18.2 Å². The number of hydrogen-bond acceptors (Lipinski definition) is 4. The van der Waals surface area contributed by atoms with Crippen LogP contribution in [0.4, 0.5) is 4.39 Å². The number of hydrogen-bond donors (Lipinski definition) is 1. The summed E-state index contributed by atoms with van der Waals surface area (Å²) < 4.78 is 25.9. The van der Waals surface area contributed by atoms with Gasteiger partial charge in [0, 0.05) is 19.7 Å². The molecule has 0 saturated carbocycles. The van der Waals surface area contributed by atoms with Crippen molar-refractivity contribution in [1.82, 2.24) is 14.9 Å². The van der Waals surface area contributed by atoms with Crippen LogP contribution in [0.3, 0.4) is 0 Å². The van der Waals surface area contributed by atoms with Crippen molar-refractivity contribution in [2.75, 3.05) is 13.2 Å². The monoisotopic (exact) mass is 333 g/mol. The molecule has 1 aromatic heterocycles. The first kappa shape index (κ1) is 16.4. The molecule has 1 aliphatic heterocycles. The van der Waals surface area contributed by atoms with E-state index in [4.69, 9.17) is 9.47 Å². The van der Waals surface area contributed by atoms with E-state index in [0.717, 1.165) is 12.1 Å². The van der Waals surface area contributed by atoms with E-state index >= 15 is 0 Å². The molecule has 0 spiro atoms. The number of nitrogens with zero attached hydrogens (tertiary/aromatic N) is 2. The molecule has 0 bridgehead atoms. The summed E-state index contributed by atoms with van der Waals surface area (Å²) in [6.45, 7) is 0.485. The predicted molar refractivity (Wildman–Crippen MR) is 85.0 cm³/mol. The Labute approximate surface area is 139 Å². The maximum absolute atomic E-state index is 12.8. The second-order valence-corrected chi connectivity index (χ2v) is 5.82. The minimum atomic E-state index is -0.338. The molecule has 0 radical (unpaired) electrons. The highest BCUT2D eigenvalue weighted by molar-refractivity contribution is 5.77. The van der Waals surface area contributed by atoms with Gasteiger partial charge in [0.25, 0.3) is 5.91 Å². The highest BCUT2D eigenvalue weighted by Crippen LogP contribution is 2.27. The molecule has 1 N–H and O–H groups in total. The van der Waals surface area contributed by atoms with Crippen LogP contribution >= 0.6 is 0 Å². The minimum absolute atomic E-state index is 0.0305. The average Bonchev–Trinajstić information content (AvgIpc) is 3.01. The Morgan fingerprint density at radius 3 is 2.96 bits per heavy atom. The van der Waals surface area contributed by atoms with Crippen LogP contribution < -0.4 is 10.1 Å². The molecule has 7 heteroatoms. The fourth-order valence-electron chi connectivity index (χ4n) is 2.76. The molecule has 2 atom stereocenters. The Morgan fingerprint density at radius 2 is 2.25 bits per heavy atom. The van der Waals surface area contributed by atoms with E-state index in [1.165, 1.54) is 24.3 Å². The third-order valence-electron chi connectivity index (χ3n) is 4.02. The van der Waals surface area contributed by atoms with Gasteiger partial charge in [0.1, 0.15) is 17.7 Å². The minimum Gasteiger partial charge on any atom is -0.484 e. The zero-order valence-corrected chi connectivity index (χ0v) is 13.4. The van der Waals surface area contributed by atoms with Gasteiger partial charge in [0.2, 0.25) is 0 Å². The quantitative estimate of drug-likeness (QED) is 0.909. The lowest BCUT2D eigenvalue weighted by Crippen LogP contribution is -2.42. The van der Waals surface area contributed by atoms with Gasteiger partial charge < -0.3 is 19.4 Å². The zero-order chi connectivity index (χ0) is 16.9. The smallest absolute Gasteiger partial charge is 0.258 e. The molecule has 2 unspecified atom stereocenters. The Bertz CT molecular complexity index is 687. The molecule has 1 fully saturated rings. The maximum atomic E-state index is 12.8. The van der Waals surface area contributed by atoms with Crippen LogP contribution in [-0.2, 0) is 16.6 Å². The molecule has 1 amide bonds. The average molecular weight is 333 g/mol. The number of aryl methyl sites for hydroxylation is 1. The van der Waals surface area contributed by atoms with Crippen LogP contribution in [0.2, 0.25) is 0 Å². The molecule has 1 aliphatic rings. The number of carbonyl (C=O) groups excluding carboxylic acids is 1. The highest BCUT2D eigenvalue weighted by atomic mass is 19.1. The van der Waals surface area contributed by atoms with Gasteiger partial charge in [0.15, 0.2) is 6.61 Å². The van der Waals surface area contributed by atoms with Crippen LogP contribution in [0.15, 0.2) is 36.8 Å².